The Hall–Kier alpha value is -3.27. The van der Waals surface area contributed by atoms with Gasteiger partial charge in [0.15, 0.2) is 5.75 Å². The highest BCUT2D eigenvalue weighted by atomic mass is 35.5. The van der Waals surface area contributed by atoms with Crippen molar-refractivity contribution >= 4 is 29.0 Å². The molecule has 1 aliphatic rings. The van der Waals surface area contributed by atoms with Gasteiger partial charge in [0.05, 0.1) is 24.3 Å². The zero-order chi connectivity index (χ0) is 23.8. The number of carbonyl (C=O) groups is 1. The predicted octanol–water partition coefficient (Wildman–Crippen LogP) is 4.62. The third kappa shape index (κ3) is 4.50. The van der Waals surface area contributed by atoms with Crippen molar-refractivity contribution in [2.45, 2.75) is 12.4 Å². The zero-order valence-electron chi connectivity index (χ0n) is 15.5. The second-order valence-electron chi connectivity index (χ2n) is 6.34. The van der Waals surface area contributed by atoms with E-state index in [1.54, 1.807) is 0 Å². The smallest absolute Gasteiger partial charge is 0.433 e. The van der Waals surface area contributed by atoms with Crippen LogP contribution in [-0.2, 0) is 17.1 Å². The monoisotopic (exact) mass is 482 g/mol. The van der Waals surface area contributed by atoms with Crippen LogP contribution in [0, 0.1) is 17.1 Å². The molecule has 1 aliphatic heterocycles. The highest BCUT2D eigenvalue weighted by Gasteiger charge is 2.41. The molecule has 1 amide bonds. The molecule has 1 aromatic heterocycles. The largest absolute Gasteiger partial charge is 0.488 e. The first-order valence-electron chi connectivity index (χ1n) is 8.59. The summed E-state index contributed by atoms with van der Waals surface area (Å²) in [5.74, 6) is -2.84. The molecule has 0 atom stereocenters. The molecule has 0 fully saturated rings. The summed E-state index contributed by atoms with van der Waals surface area (Å²) in [6.07, 6.45) is -10.5. The number of fused-ring (bicyclic) bond motifs is 1. The van der Waals surface area contributed by atoms with Crippen LogP contribution in [0.2, 0.25) is 5.02 Å². The van der Waals surface area contributed by atoms with Gasteiger partial charge in [0.2, 0.25) is 5.91 Å². The molecule has 14 heteroatoms. The average Bonchev–Trinajstić information content (AvgIpc) is 2.72. The molecule has 0 unspecified atom stereocenters. The topological polar surface area (TPSA) is 78.2 Å². The lowest BCUT2D eigenvalue weighted by Gasteiger charge is -2.30. The zero-order valence-corrected chi connectivity index (χ0v) is 16.3. The molecule has 6 nitrogen and oxygen atoms in total. The number of benzene rings is 1. The molecule has 170 valence electrons. The highest BCUT2D eigenvalue weighted by molar-refractivity contribution is 6.32. The van der Waals surface area contributed by atoms with Crippen LogP contribution in [0.1, 0.15) is 16.8 Å². The Labute approximate surface area is 180 Å². The summed E-state index contributed by atoms with van der Waals surface area (Å²) in [7, 11) is 0. The number of amides is 1. The minimum atomic E-state index is -5.28. The van der Waals surface area contributed by atoms with Crippen LogP contribution < -0.4 is 15.0 Å². The Morgan fingerprint density at radius 3 is 2.53 bits per heavy atom. The summed E-state index contributed by atoms with van der Waals surface area (Å²) in [6, 6.07) is 3.03. The van der Waals surface area contributed by atoms with Crippen LogP contribution in [0.15, 0.2) is 18.2 Å². The van der Waals surface area contributed by atoms with Crippen LogP contribution in [0.3, 0.4) is 0 Å². The molecule has 1 aromatic carbocycles. The van der Waals surface area contributed by atoms with E-state index in [4.69, 9.17) is 21.6 Å². The van der Waals surface area contributed by atoms with Crippen molar-refractivity contribution < 1.29 is 40.3 Å². The highest BCUT2D eigenvalue weighted by Crippen LogP contribution is 2.40. The maximum atomic E-state index is 13.6. The van der Waals surface area contributed by atoms with Crippen LogP contribution in [0.5, 0.6) is 5.75 Å². The van der Waals surface area contributed by atoms with Crippen molar-refractivity contribution in [1.29, 1.82) is 5.26 Å². The molecule has 2 aromatic rings. The van der Waals surface area contributed by atoms with Crippen LogP contribution in [-0.4, -0.2) is 30.6 Å². The molecular formula is C18H10ClF7N4O2. The quantitative estimate of drug-likeness (QED) is 0.646. The maximum Gasteiger partial charge on any atom is 0.433 e. The third-order valence-corrected chi connectivity index (χ3v) is 4.67. The maximum absolute atomic E-state index is 13.6. The Balaban J connectivity index is 1.93. The first-order chi connectivity index (χ1) is 14.8. The molecule has 32 heavy (non-hydrogen) atoms. The number of ether oxygens (including phenoxy) is 1. The first-order valence-corrected chi connectivity index (χ1v) is 8.97. The second-order valence-corrected chi connectivity index (χ2v) is 6.72. The number of carbonyl (C=O) groups excluding carboxylic acids is 1. The van der Waals surface area contributed by atoms with Gasteiger partial charge in [-0.15, -0.1) is 0 Å². The molecular weight excluding hydrogens is 473 g/mol. The van der Waals surface area contributed by atoms with Crippen molar-refractivity contribution in [2.75, 3.05) is 29.9 Å². The van der Waals surface area contributed by atoms with Crippen molar-refractivity contribution in [2.24, 2.45) is 0 Å². The van der Waals surface area contributed by atoms with Gasteiger partial charge in [-0.2, -0.15) is 31.6 Å². The molecule has 0 saturated heterocycles. The fraction of sp³-hybridized carbons (Fsp3) is 0.278. The predicted molar refractivity (Wildman–Crippen MR) is 96.7 cm³/mol. The lowest BCUT2D eigenvalue weighted by Crippen LogP contribution is -2.41. The van der Waals surface area contributed by atoms with Gasteiger partial charge in [0.1, 0.15) is 40.6 Å². The van der Waals surface area contributed by atoms with Crippen LogP contribution in [0.25, 0.3) is 0 Å². The van der Waals surface area contributed by atoms with E-state index in [1.165, 1.54) is 12.1 Å². The lowest BCUT2D eigenvalue weighted by molar-refractivity contribution is -0.145. The fourth-order valence-electron chi connectivity index (χ4n) is 2.90. The van der Waals surface area contributed by atoms with Gasteiger partial charge in [-0.25, -0.2) is 9.37 Å². The molecule has 0 bridgehead atoms. The van der Waals surface area contributed by atoms with E-state index in [9.17, 15) is 35.5 Å². The summed E-state index contributed by atoms with van der Waals surface area (Å²) in [4.78, 5) is 16.7. The van der Waals surface area contributed by atoms with Crippen LogP contribution >= 0.6 is 11.6 Å². The summed E-state index contributed by atoms with van der Waals surface area (Å²) in [5, 5.41) is 10.8. The Morgan fingerprint density at radius 1 is 1.25 bits per heavy atom. The summed E-state index contributed by atoms with van der Waals surface area (Å²) in [6.45, 7) is -0.968. The minimum Gasteiger partial charge on any atom is -0.488 e. The van der Waals surface area contributed by atoms with E-state index in [2.05, 4.69) is 10.3 Å². The van der Waals surface area contributed by atoms with Gasteiger partial charge in [0, 0.05) is 0 Å². The van der Waals surface area contributed by atoms with E-state index in [0.29, 0.717) is 0 Å². The molecule has 0 aliphatic carbocycles. The van der Waals surface area contributed by atoms with Crippen molar-refractivity contribution in [1.82, 2.24) is 4.98 Å². The number of pyridine rings is 1. The van der Waals surface area contributed by atoms with Gasteiger partial charge in [-0.05, 0) is 18.2 Å². The van der Waals surface area contributed by atoms with Gasteiger partial charge in [-0.3, -0.25) is 4.79 Å². The molecule has 2 heterocycles. The molecule has 0 radical (unpaired) electrons. The van der Waals surface area contributed by atoms with E-state index in [0.717, 1.165) is 11.0 Å². The summed E-state index contributed by atoms with van der Waals surface area (Å²) < 4.78 is 97.5. The Bertz CT molecular complexity index is 1110. The molecule has 1 N–H and O–H groups in total. The van der Waals surface area contributed by atoms with Crippen LogP contribution in [0.4, 0.5) is 42.2 Å². The van der Waals surface area contributed by atoms with E-state index in [1.807, 2.05) is 0 Å². The lowest BCUT2D eigenvalue weighted by atomic mass is 10.1. The summed E-state index contributed by atoms with van der Waals surface area (Å²) in [5.41, 5.74) is -4.89. The third-order valence-electron chi connectivity index (χ3n) is 4.32. The normalized spacial score (nSPS) is 13.8. The number of hydrogen-bond acceptors (Lipinski definition) is 5. The number of nitrogens with one attached hydrogen (secondary N) is 1. The number of aromatic nitrogens is 1. The molecule has 0 spiro atoms. The molecule has 3 rings (SSSR count). The van der Waals surface area contributed by atoms with Gasteiger partial charge in [-0.1, -0.05) is 11.6 Å². The number of anilines is 2. The van der Waals surface area contributed by atoms with Crippen molar-refractivity contribution in [3.63, 3.8) is 0 Å². The fourth-order valence-corrected chi connectivity index (χ4v) is 3.11. The Kier molecular flexibility index (Phi) is 6.10. The second kappa shape index (κ2) is 8.34. The van der Waals surface area contributed by atoms with Gasteiger partial charge < -0.3 is 15.0 Å². The van der Waals surface area contributed by atoms with E-state index < -0.39 is 58.3 Å². The van der Waals surface area contributed by atoms with Crippen molar-refractivity contribution in [3.05, 3.63) is 45.9 Å². The van der Waals surface area contributed by atoms with Gasteiger partial charge in [0.25, 0.3) is 0 Å². The first kappa shape index (κ1) is 23.4. The van der Waals surface area contributed by atoms with Crippen molar-refractivity contribution in [3.8, 4) is 11.8 Å². The standard InChI is InChI=1S/C18H10ClF7N4O2/c19-14-10(20)1-2-11-15(14)32-4-3-30(11)13(31)7-28-16-8(6-27)9(17(21,22)23)5-12(29-16)18(24,25)26/h1-2,5H,3-4,7H2,(H,28,29). The number of hydrogen-bond donors (Lipinski definition) is 1. The van der Waals surface area contributed by atoms with Gasteiger partial charge >= 0.3 is 12.4 Å². The number of halogens is 8. The van der Waals surface area contributed by atoms with E-state index >= 15 is 0 Å². The number of nitrogens with zero attached hydrogens (tertiary/aromatic N) is 3. The SMILES string of the molecule is N#Cc1c(C(F)(F)F)cc(C(F)(F)F)nc1NCC(=O)N1CCOc2c1ccc(F)c2Cl. The number of rotatable bonds is 3. The number of nitriles is 1. The molecule has 0 saturated carbocycles. The number of alkyl halides is 6. The van der Waals surface area contributed by atoms with E-state index in [-0.39, 0.29) is 30.7 Å². The average molecular weight is 483 g/mol. The minimum absolute atomic E-state index is 0.0512. The summed E-state index contributed by atoms with van der Waals surface area (Å²) >= 11 is 5.80. The Morgan fingerprint density at radius 2 is 1.94 bits per heavy atom.